The number of unbranched alkanes of at least 4 members (excludes halogenated alkanes) is 1. The summed E-state index contributed by atoms with van der Waals surface area (Å²) in [4.78, 5) is 0. The maximum atomic E-state index is 5.57. The fourth-order valence-corrected chi connectivity index (χ4v) is 1.31. The summed E-state index contributed by atoms with van der Waals surface area (Å²) in [5, 5.41) is 0. The molecule has 86 valence electrons. The first-order valence-corrected chi connectivity index (χ1v) is 5.25. The second-order valence-electron chi connectivity index (χ2n) is 3.35. The van der Waals surface area contributed by atoms with Crippen molar-refractivity contribution in [2.45, 2.75) is 19.4 Å². The second-order valence-corrected chi connectivity index (χ2v) is 3.35. The molecule has 0 aliphatic carbocycles. The summed E-state index contributed by atoms with van der Waals surface area (Å²) in [7, 11) is 1.62. The molecule has 0 aliphatic heterocycles. The van der Waals surface area contributed by atoms with Crippen LogP contribution in [0.5, 0.6) is 11.5 Å². The molecule has 2 N–H and O–H groups in total. The lowest BCUT2D eigenvalue weighted by Crippen LogP contribution is -2.01. The van der Waals surface area contributed by atoms with Crippen LogP contribution in [0.1, 0.15) is 18.4 Å². The maximum Gasteiger partial charge on any atom is 0.161 e. The van der Waals surface area contributed by atoms with E-state index in [0.717, 1.165) is 24.2 Å². The summed E-state index contributed by atoms with van der Waals surface area (Å²) >= 11 is 0. The van der Waals surface area contributed by atoms with Gasteiger partial charge >= 0.3 is 0 Å². The highest BCUT2D eigenvalue weighted by Crippen LogP contribution is 2.27. The molecule has 0 heterocycles. The number of methoxy groups -OCH3 is 1. The molecule has 0 saturated carbocycles. The Labute approximate surface area is 96.6 Å². The van der Waals surface area contributed by atoms with Crippen LogP contribution in [0, 0.1) is 12.3 Å². The van der Waals surface area contributed by atoms with Crippen molar-refractivity contribution in [2.24, 2.45) is 5.73 Å². The number of hydrogen-bond donors (Lipinski definition) is 1. The van der Waals surface area contributed by atoms with Gasteiger partial charge in [0.15, 0.2) is 11.5 Å². The average molecular weight is 219 g/mol. The van der Waals surface area contributed by atoms with Crippen molar-refractivity contribution in [1.29, 1.82) is 0 Å². The molecular formula is C13H17NO2. The van der Waals surface area contributed by atoms with Gasteiger partial charge in [0.1, 0.15) is 0 Å². The van der Waals surface area contributed by atoms with E-state index in [9.17, 15) is 0 Å². The summed E-state index contributed by atoms with van der Waals surface area (Å²) in [6, 6.07) is 5.69. The molecule has 0 saturated heterocycles. The van der Waals surface area contributed by atoms with E-state index >= 15 is 0 Å². The highest BCUT2D eigenvalue weighted by molar-refractivity contribution is 5.42. The van der Waals surface area contributed by atoms with Crippen LogP contribution >= 0.6 is 0 Å². The Morgan fingerprint density at radius 2 is 2.19 bits per heavy atom. The summed E-state index contributed by atoms with van der Waals surface area (Å²) < 4.78 is 10.8. The zero-order valence-electron chi connectivity index (χ0n) is 9.53. The Morgan fingerprint density at radius 3 is 2.81 bits per heavy atom. The molecule has 0 amide bonds. The lowest BCUT2D eigenvalue weighted by molar-refractivity contribution is 0.291. The van der Waals surface area contributed by atoms with E-state index in [0.29, 0.717) is 18.9 Å². The molecule has 0 radical (unpaired) electrons. The molecule has 0 fully saturated rings. The van der Waals surface area contributed by atoms with E-state index in [1.807, 2.05) is 18.2 Å². The molecule has 0 aromatic heterocycles. The SMILES string of the molecule is C#CCCCOc1ccc(CN)cc1OC. The minimum Gasteiger partial charge on any atom is -0.493 e. The predicted octanol–water partition coefficient (Wildman–Crippen LogP) is 1.95. The number of ether oxygens (including phenoxy) is 2. The summed E-state index contributed by atoms with van der Waals surface area (Å²) in [5.41, 5.74) is 6.57. The van der Waals surface area contributed by atoms with Gasteiger partial charge < -0.3 is 15.2 Å². The van der Waals surface area contributed by atoms with E-state index in [2.05, 4.69) is 5.92 Å². The van der Waals surface area contributed by atoms with Crippen LogP contribution in [-0.2, 0) is 6.54 Å². The molecule has 0 atom stereocenters. The third-order valence-electron chi connectivity index (χ3n) is 2.19. The molecule has 0 bridgehead atoms. The Balaban J connectivity index is 2.61. The first-order chi connectivity index (χ1) is 7.81. The Bertz CT molecular complexity index is 369. The van der Waals surface area contributed by atoms with Crippen molar-refractivity contribution in [2.75, 3.05) is 13.7 Å². The molecule has 0 spiro atoms. The number of hydrogen-bond acceptors (Lipinski definition) is 3. The zero-order chi connectivity index (χ0) is 11.8. The van der Waals surface area contributed by atoms with Gasteiger partial charge in [0, 0.05) is 13.0 Å². The number of terminal acetylenes is 1. The van der Waals surface area contributed by atoms with E-state index in [1.165, 1.54) is 0 Å². The van der Waals surface area contributed by atoms with Gasteiger partial charge in [-0.15, -0.1) is 12.3 Å². The number of nitrogens with two attached hydrogens (primary N) is 1. The van der Waals surface area contributed by atoms with Crippen LogP contribution in [-0.4, -0.2) is 13.7 Å². The smallest absolute Gasteiger partial charge is 0.161 e. The Morgan fingerprint density at radius 1 is 1.38 bits per heavy atom. The molecule has 3 nitrogen and oxygen atoms in total. The van der Waals surface area contributed by atoms with Crippen molar-refractivity contribution in [3.8, 4) is 23.8 Å². The minimum atomic E-state index is 0.494. The molecule has 1 rings (SSSR count). The largest absolute Gasteiger partial charge is 0.493 e. The summed E-state index contributed by atoms with van der Waals surface area (Å²) in [5.74, 6) is 4.02. The van der Waals surface area contributed by atoms with Gasteiger partial charge in [0.2, 0.25) is 0 Å². The van der Waals surface area contributed by atoms with Crippen molar-refractivity contribution < 1.29 is 9.47 Å². The molecule has 0 aliphatic rings. The van der Waals surface area contributed by atoms with E-state index in [4.69, 9.17) is 21.6 Å². The van der Waals surface area contributed by atoms with E-state index in [1.54, 1.807) is 7.11 Å². The first-order valence-electron chi connectivity index (χ1n) is 5.25. The standard InChI is InChI=1S/C13H17NO2/c1-3-4-5-8-16-12-7-6-11(10-14)9-13(12)15-2/h1,6-7,9H,4-5,8,10,14H2,2H3. The van der Waals surface area contributed by atoms with E-state index < -0.39 is 0 Å². The van der Waals surface area contributed by atoms with Crippen LogP contribution in [0.25, 0.3) is 0 Å². The van der Waals surface area contributed by atoms with Crippen molar-refractivity contribution >= 4 is 0 Å². The summed E-state index contributed by atoms with van der Waals surface area (Å²) in [6.45, 7) is 1.09. The second kappa shape index (κ2) is 6.76. The van der Waals surface area contributed by atoms with Gasteiger partial charge in [0.25, 0.3) is 0 Å². The van der Waals surface area contributed by atoms with Crippen molar-refractivity contribution in [3.05, 3.63) is 23.8 Å². The fraction of sp³-hybridized carbons (Fsp3) is 0.385. The first kappa shape index (κ1) is 12.4. The molecular weight excluding hydrogens is 202 g/mol. The van der Waals surface area contributed by atoms with Crippen LogP contribution in [0.4, 0.5) is 0 Å². The minimum absolute atomic E-state index is 0.494. The van der Waals surface area contributed by atoms with E-state index in [-0.39, 0.29) is 0 Å². The highest BCUT2D eigenvalue weighted by atomic mass is 16.5. The monoisotopic (exact) mass is 219 g/mol. The number of rotatable bonds is 6. The molecule has 1 aromatic carbocycles. The third kappa shape index (κ3) is 3.48. The van der Waals surface area contributed by atoms with Gasteiger partial charge in [0.05, 0.1) is 13.7 Å². The van der Waals surface area contributed by atoms with Crippen molar-refractivity contribution in [3.63, 3.8) is 0 Å². The normalized spacial score (nSPS) is 9.56. The lowest BCUT2D eigenvalue weighted by Gasteiger charge is -2.11. The molecule has 0 unspecified atom stereocenters. The molecule has 16 heavy (non-hydrogen) atoms. The van der Waals surface area contributed by atoms with Gasteiger partial charge in [-0.05, 0) is 24.1 Å². The van der Waals surface area contributed by atoms with Crippen LogP contribution in [0.15, 0.2) is 18.2 Å². The quantitative estimate of drug-likeness (QED) is 0.587. The Hall–Kier alpha value is -1.66. The van der Waals surface area contributed by atoms with Gasteiger partial charge in [-0.1, -0.05) is 6.07 Å². The molecule has 1 aromatic rings. The topological polar surface area (TPSA) is 44.5 Å². The summed E-state index contributed by atoms with van der Waals surface area (Å²) in [6.07, 6.45) is 6.73. The third-order valence-corrected chi connectivity index (χ3v) is 2.19. The Kier molecular flexibility index (Phi) is 5.24. The molecule has 3 heteroatoms. The highest BCUT2D eigenvalue weighted by Gasteiger charge is 2.04. The van der Waals surface area contributed by atoms with Crippen LogP contribution in [0.2, 0.25) is 0 Å². The number of benzene rings is 1. The fourth-order valence-electron chi connectivity index (χ4n) is 1.31. The predicted molar refractivity (Wildman–Crippen MR) is 64.4 cm³/mol. The van der Waals surface area contributed by atoms with Crippen LogP contribution < -0.4 is 15.2 Å². The average Bonchev–Trinajstić information content (AvgIpc) is 2.34. The van der Waals surface area contributed by atoms with Crippen molar-refractivity contribution in [1.82, 2.24) is 0 Å². The van der Waals surface area contributed by atoms with Gasteiger partial charge in [-0.2, -0.15) is 0 Å². The maximum absolute atomic E-state index is 5.57. The lowest BCUT2D eigenvalue weighted by atomic mass is 10.2. The van der Waals surface area contributed by atoms with Crippen LogP contribution in [0.3, 0.4) is 0 Å². The zero-order valence-corrected chi connectivity index (χ0v) is 9.53. The van der Waals surface area contributed by atoms with Gasteiger partial charge in [-0.25, -0.2) is 0 Å². The van der Waals surface area contributed by atoms with Gasteiger partial charge in [-0.3, -0.25) is 0 Å².